The molecule has 0 unspecified atom stereocenters. The number of benzene rings is 1. The van der Waals surface area contributed by atoms with Gasteiger partial charge in [-0.25, -0.2) is 9.98 Å². The summed E-state index contributed by atoms with van der Waals surface area (Å²) in [6.45, 7) is 4.95. The Morgan fingerprint density at radius 2 is 1.87 bits per heavy atom. The van der Waals surface area contributed by atoms with E-state index in [9.17, 15) is 9.59 Å². The highest BCUT2D eigenvalue weighted by molar-refractivity contribution is 14.0. The van der Waals surface area contributed by atoms with Crippen LogP contribution in [0.4, 0.5) is 5.13 Å². The van der Waals surface area contributed by atoms with Crippen LogP contribution < -0.4 is 16.0 Å². The molecule has 2 aliphatic rings. The Kier molecular flexibility index (Phi) is 8.07. The van der Waals surface area contributed by atoms with E-state index in [1.807, 2.05) is 23.7 Å². The minimum atomic E-state index is -0.127. The molecule has 2 fully saturated rings. The quantitative estimate of drug-likeness (QED) is 0.331. The molecule has 3 N–H and O–H groups in total. The molecular weight excluding hydrogens is 529 g/mol. The number of carbonyl (C=O) groups excluding carboxylic acids is 2. The van der Waals surface area contributed by atoms with Gasteiger partial charge in [0.2, 0.25) is 5.91 Å². The molecule has 0 aliphatic carbocycles. The Balaban J connectivity index is 0.00000272. The molecule has 0 saturated carbocycles. The molecule has 2 saturated heterocycles. The number of nitrogens with one attached hydrogen (secondary N) is 1. The van der Waals surface area contributed by atoms with E-state index in [1.54, 1.807) is 28.4 Å². The number of amides is 2. The molecular formula is C20H26IN7O2S. The molecule has 9 nitrogen and oxygen atoms in total. The maximum absolute atomic E-state index is 12.5. The summed E-state index contributed by atoms with van der Waals surface area (Å²) >= 11 is 1.65. The predicted octanol–water partition coefficient (Wildman–Crippen LogP) is 0.970. The van der Waals surface area contributed by atoms with Crippen molar-refractivity contribution in [3.63, 3.8) is 0 Å². The third-order valence-electron chi connectivity index (χ3n) is 5.24. The zero-order valence-electron chi connectivity index (χ0n) is 17.1. The topological polar surface area (TPSA) is 107 Å². The van der Waals surface area contributed by atoms with Gasteiger partial charge in [0.15, 0.2) is 11.1 Å². The fraction of sp³-hybridized carbons (Fsp3) is 0.400. The van der Waals surface area contributed by atoms with Gasteiger partial charge in [0.05, 0.1) is 13.1 Å². The summed E-state index contributed by atoms with van der Waals surface area (Å²) < 4.78 is 0. The number of halogens is 1. The normalized spacial score (nSPS) is 17.2. The number of hydrogen-bond acceptors (Lipinski definition) is 6. The molecule has 0 atom stereocenters. The molecule has 2 amide bonds. The molecule has 0 bridgehead atoms. The lowest BCUT2D eigenvalue weighted by Crippen LogP contribution is -2.51. The minimum absolute atomic E-state index is 0. The van der Waals surface area contributed by atoms with Crippen LogP contribution in [0.25, 0.3) is 0 Å². The SMILES string of the molecule is I.NC(=NCc1ccc(C(=O)N2CCNC(=O)C2)cc1)N1CCN(c2nccs2)CC1. The molecule has 2 aliphatic heterocycles. The van der Waals surface area contributed by atoms with Gasteiger partial charge in [0.1, 0.15) is 0 Å². The fourth-order valence-corrected chi connectivity index (χ4v) is 4.22. The highest BCUT2D eigenvalue weighted by Gasteiger charge is 2.22. The van der Waals surface area contributed by atoms with Crippen LogP contribution in [-0.4, -0.2) is 78.4 Å². The zero-order chi connectivity index (χ0) is 20.9. The number of rotatable bonds is 4. The number of aromatic nitrogens is 1. The van der Waals surface area contributed by atoms with E-state index >= 15 is 0 Å². The summed E-state index contributed by atoms with van der Waals surface area (Å²) in [5.41, 5.74) is 7.75. The summed E-state index contributed by atoms with van der Waals surface area (Å²) in [7, 11) is 0. The zero-order valence-corrected chi connectivity index (χ0v) is 20.2. The van der Waals surface area contributed by atoms with Crippen LogP contribution in [0.15, 0.2) is 40.8 Å². The smallest absolute Gasteiger partial charge is 0.254 e. The molecule has 1 aromatic heterocycles. The summed E-state index contributed by atoms with van der Waals surface area (Å²) in [5.74, 6) is 0.286. The van der Waals surface area contributed by atoms with Crippen LogP contribution in [0.2, 0.25) is 0 Å². The molecule has 11 heteroatoms. The van der Waals surface area contributed by atoms with E-state index in [0.29, 0.717) is 31.2 Å². The Hall–Kier alpha value is -2.41. The van der Waals surface area contributed by atoms with E-state index in [0.717, 1.165) is 36.9 Å². The van der Waals surface area contributed by atoms with Crippen molar-refractivity contribution in [3.05, 3.63) is 47.0 Å². The first-order valence-corrected chi connectivity index (χ1v) is 10.8. The fourth-order valence-electron chi connectivity index (χ4n) is 3.52. The second kappa shape index (κ2) is 10.8. The molecule has 4 rings (SSSR count). The maximum Gasteiger partial charge on any atom is 0.254 e. The third-order valence-corrected chi connectivity index (χ3v) is 6.08. The lowest BCUT2D eigenvalue weighted by molar-refractivity contribution is -0.123. The number of carbonyl (C=O) groups is 2. The van der Waals surface area contributed by atoms with Crippen LogP contribution in [0.3, 0.4) is 0 Å². The summed E-state index contributed by atoms with van der Waals surface area (Å²) in [5, 5.41) is 5.75. The van der Waals surface area contributed by atoms with E-state index in [-0.39, 0.29) is 42.3 Å². The molecule has 3 heterocycles. The number of hydrogen-bond donors (Lipinski definition) is 2. The van der Waals surface area contributed by atoms with Crippen molar-refractivity contribution in [2.45, 2.75) is 6.54 Å². The van der Waals surface area contributed by atoms with Crippen LogP contribution in [0.5, 0.6) is 0 Å². The molecule has 0 radical (unpaired) electrons. The Labute approximate surface area is 202 Å². The number of anilines is 1. The maximum atomic E-state index is 12.5. The van der Waals surface area contributed by atoms with Gasteiger partial charge in [-0.15, -0.1) is 35.3 Å². The van der Waals surface area contributed by atoms with Crippen LogP contribution in [0, 0.1) is 0 Å². The lowest BCUT2D eigenvalue weighted by Gasteiger charge is -2.35. The molecule has 1 aromatic carbocycles. The molecule has 31 heavy (non-hydrogen) atoms. The number of nitrogens with two attached hydrogens (primary N) is 1. The van der Waals surface area contributed by atoms with Crippen molar-refractivity contribution in [3.8, 4) is 0 Å². The molecule has 2 aromatic rings. The Bertz CT molecular complexity index is 912. The second-order valence-electron chi connectivity index (χ2n) is 7.24. The number of nitrogens with zero attached hydrogens (tertiary/aromatic N) is 5. The van der Waals surface area contributed by atoms with Gasteiger partial charge in [0.25, 0.3) is 5.91 Å². The standard InChI is InChI=1S/C20H25N7O2S.HI/c21-19(25-8-10-26(11-9-25)20-23-6-12-30-20)24-13-15-1-3-16(4-2-15)18(29)27-7-5-22-17(28)14-27;/h1-4,6,12H,5,7-11,13-14H2,(H2,21,24)(H,22,28);1H. The lowest BCUT2D eigenvalue weighted by atomic mass is 10.1. The number of guanidine groups is 1. The first kappa shape index (κ1) is 23.3. The van der Waals surface area contributed by atoms with E-state index in [4.69, 9.17) is 5.73 Å². The highest BCUT2D eigenvalue weighted by Crippen LogP contribution is 2.18. The van der Waals surface area contributed by atoms with Gasteiger partial charge in [-0.1, -0.05) is 12.1 Å². The van der Waals surface area contributed by atoms with Gasteiger partial charge in [-0.3, -0.25) is 9.59 Å². The second-order valence-corrected chi connectivity index (χ2v) is 8.11. The summed E-state index contributed by atoms with van der Waals surface area (Å²) in [6.07, 6.45) is 1.82. The first-order chi connectivity index (χ1) is 14.6. The van der Waals surface area contributed by atoms with Crippen molar-refractivity contribution in [1.82, 2.24) is 20.1 Å². The Morgan fingerprint density at radius 1 is 1.13 bits per heavy atom. The highest BCUT2D eigenvalue weighted by atomic mass is 127. The first-order valence-electron chi connectivity index (χ1n) is 9.94. The van der Waals surface area contributed by atoms with E-state index in [1.165, 1.54) is 0 Å². The number of thiazole rings is 1. The van der Waals surface area contributed by atoms with Crippen molar-refractivity contribution in [2.24, 2.45) is 10.7 Å². The average Bonchev–Trinajstić information content (AvgIpc) is 3.32. The average molecular weight is 555 g/mol. The van der Waals surface area contributed by atoms with E-state index < -0.39 is 0 Å². The third kappa shape index (κ3) is 5.85. The predicted molar refractivity (Wildman–Crippen MR) is 132 cm³/mol. The molecule has 0 spiro atoms. The van der Waals surface area contributed by atoms with Gasteiger partial charge in [-0.2, -0.15) is 0 Å². The largest absolute Gasteiger partial charge is 0.370 e. The van der Waals surface area contributed by atoms with Gasteiger partial charge in [-0.05, 0) is 17.7 Å². The Morgan fingerprint density at radius 3 is 2.52 bits per heavy atom. The van der Waals surface area contributed by atoms with Crippen molar-refractivity contribution in [1.29, 1.82) is 0 Å². The number of piperazine rings is 2. The summed E-state index contributed by atoms with van der Waals surface area (Å²) in [4.78, 5) is 38.8. The van der Waals surface area contributed by atoms with Crippen LogP contribution in [-0.2, 0) is 11.3 Å². The minimum Gasteiger partial charge on any atom is -0.370 e. The van der Waals surface area contributed by atoms with Gasteiger partial charge >= 0.3 is 0 Å². The van der Waals surface area contributed by atoms with Crippen molar-refractivity contribution < 1.29 is 9.59 Å². The van der Waals surface area contributed by atoms with Crippen LogP contribution in [0.1, 0.15) is 15.9 Å². The van der Waals surface area contributed by atoms with Gasteiger partial charge in [0, 0.05) is 56.4 Å². The van der Waals surface area contributed by atoms with Gasteiger partial charge < -0.3 is 25.8 Å². The van der Waals surface area contributed by atoms with E-state index in [2.05, 4.69) is 25.1 Å². The number of aliphatic imine (C=N–C) groups is 1. The molecule has 166 valence electrons. The van der Waals surface area contributed by atoms with Crippen LogP contribution >= 0.6 is 35.3 Å². The summed E-state index contributed by atoms with van der Waals surface area (Å²) in [6, 6.07) is 7.33. The van der Waals surface area contributed by atoms with Crippen molar-refractivity contribution in [2.75, 3.05) is 50.7 Å². The monoisotopic (exact) mass is 555 g/mol. The van der Waals surface area contributed by atoms with Crippen molar-refractivity contribution >= 4 is 58.2 Å².